The van der Waals surface area contributed by atoms with Gasteiger partial charge in [0.1, 0.15) is 5.52 Å². The van der Waals surface area contributed by atoms with Crippen molar-refractivity contribution in [3.8, 4) is 5.88 Å². The van der Waals surface area contributed by atoms with E-state index in [1.54, 1.807) is 7.11 Å². The summed E-state index contributed by atoms with van der Waals surface area (Å²) in [5, 5.41) is 3.72. The number of thiazole rings is 1. The van der Waals surface area contributed by atoms with Crippen molar-refractivity contribution in [2.45, 2.75) is 25.3 Å². The van der Waals surface area contributed by atoms with Gasteiger partial charge >= 0.3 is 0 Å². The Labute approximate surface area is 174 Å². The van der Waals surface area contributed by atoms with Gasteiger partial charge in [0.15, 0.2) is 5.13 Å². The number of anilines is 2. The minimum Gasteiger partial charge on any atom is -0.479 e. The lowest BCUT2D eigenvalue weighted by Gasteiger charge is -2.76. The van der Waals surface area contributed by atoms with E-state index in [0.29, 0.717) is 35.7 Å². The van der Waals surface area contributed by atoms with Crippen molar-refractivity contribution in [3.63, 3.8) is 0 Å². The summed E-state index contributed by atoms with van der Waals surface area (Å²) in [5.41, 5.74) is 1.67. The minimum absolute atomic E-state index is 0.0904. The summed E-state index contributed by atoms with van der Waals surface area (Å²) in [6.07, 6.45) is 3.68. The van der Waals surface area contributed by atoms with Crippen LogP contribution in [-0.4, -0.2) is 73.8 Å². The topological polar surface area (TPSA) is 79.8 Å². The lowest BCUT2D eigenvalue weighted by Crippen LogP contribution is -2.82. The van der Waals surface area contributed by atoms with Crippen LogP contribution in [0.5, 0.6) is 5.88 Å². The molecule has 29 heavy (non-hydrogen) atoms. The number of hydrogen-bond donors (Lipinski definition) is 1. The summed E-state index contributed by atoms with van der Waals surface area (Å²) in [7, 11) is 5.81. The summed E-state index contributed by atoms with van der Waals surface area (Å²) >= 11 is 1.49. The number of carbonyl (C=O) groups is 1. The predicted octanol–water partition coefficient (Wildman–Crippen LogP) is 2.21. The number of carbonyl (C=O) groups excluding carboxylic acids is 1. The Morgan fingerprint density at radius 1 is 1.38 bits per heavy atom. The molecular formula is C20H27N5O3S. The van der Waals surface area contributed by atoms with Crippen molar-refractivity contribution in [3.05, 3.63) is 6.20 Å². The summed E-state index contributed by atoms with van der Waals surface area (Å²) in [6, 6.07) is 0. The van der Waals surface area contributed by atoms with Crippen LogP contribution in [0.3, 0.4) is 0 Å². The Morgan fingerprint density at radius 2 is 2.10 bits per heavy atom. The molecule has 0 radical (unpaired) electrons. The van der Waals surface area contributed by atoms with Crippen LogP contribution in [0.4, 0.5) is 10.8 Å². The number of ether oxygens (including phenoxy) is 2. The fourth-order valence-electron chi connectivity index (χ4n) is 5.30. The second-order valence-corrected chi connectivity index (χ2v) is 9.63. The maximum Gasteiger partial charge on any atom is 0.241 e. The third kappa shape index (κ3) is 2.53. The van der Waals surface area contributed by atoms with Crippen molar-refractivity contribution >= 4 is 38.3 Å². The zero-order valence-electron chi connectivity index (χ0n) is 17.3. The molecule has 1 unspecified atom stereocenters. The van der Waals surface area contributed by atoms with E-state index in [9.17, 15) is 4.79 Å². The highest BCUT2D eigenvalue weighted by molar-refractivity contribution is 7.23. The number of morpholine rings is 1. The van der Waals surface area contributed by atoms with Crippen molar-refractivity contribution in [2.24, 2.45) is 11.3 Å². The highest BCUT2D eigenvalue weighted by atomic mass is 32.1. The molecule has 0 aromatic carbocycles. The van der Waals surface area contributed by atoms with Crippen LogP contribution in [0.15, 0.2) is 6.20 Å². The van der Waals surface area contributed by atoms with Gasteiger partial charge in [-0.1, -0.05) is 18.3 Å². The van der Waals surface area contributed by atoms with E-state index in [4.69, 9.17) is 9.47 Å². The minimum atomic E-state index is -0.252. The maximum absolute atomic E-state index is 13.1. The molecule has 8 nitrogen and oxygen atoms in total. The Balaban J connectivity index is 1.42. The second kappa shape index (κ2) is 6.52. The van der Waals surface area contributed by atoms with Crippen molar-refractivity contribution in [1.82, 2.24) is 14.9 Å². The first-order chi connectivity index (χ1) is 13.9. The summed E-state index contributed by atoms with van der Waals surface area (Å²) in [6.45, 7) is 5.22. The Bertz CT molecular complexity index is 962. The number of pyridine rings is 1. The standard InChI is InChI=1S/C20H27N5O3S/c1-12-19(10-20(12,11-19)24(2)3)17(26)23-18-22-14-15(29-18)13(9-21-16(14)27-4)25-5-7-28-8-6-25/h9,12H,5-8,10-11H2,1-4H3,(H,22,23,26). The first-order valence-electron chi connectivity index (χ1n) is 10.1. The molecule has 2 aromatic heterocycles. The van der Waals surface area contributed by atoms with Crippen molar-refractivity contribution in [1.29, 1.82) is 0 Å². The van der Waals surface area contributed by atoms with Gasteiger partial charge in [0.25, 0.3) is 0 Å². The summed E-state index contributed by atoms with van der Waals surface area (Å²) < 4.78 is 11.9. The molecule has 6 rings (SSSR count). The third-order valence-corrected chi connectivity index (χ3v) is 8.35. The van der Waals surface area contributed by atoms with E-state index in [1.807, 2.05) is 6.20 Å². The fraction of sp³-hybridized carbons (Fsp3) is 0.650. The van der Waals surface area contributed by atoms with E-state index < -0.39 is 0 Å². The van der Waals surface area contributed by atoms with Gasteiger partial charge in [0.05, 0.1) is 42.3 Å². The molecule has 1 N–H and O–H groups in total. The first-order valence-corrected chi connectivity index (χ1v) is 10.9. The molecule has 1 saturated heterocycles. The number of aromatic nitrogens is 2. The second-order valence-electron chi connectivity index (χ2n) is 8.63. The molecule has 9 heteroatoms. The van der Waals surface area contributed by atoms with Crippen LogP contribution in [0, 0.1) is 11.3 Å². The van der Waals surface area contributed by atoms with Gasteiger partial charge in [-0.05, 0) is 32.9 Å². The smallest absolute Gasteiger partial charge is 0.241 e. The Morgan fingerprint density at radius 3 is 2.72 bits per heavy atom. The fourth-order valence-corrected chi connectivity index (χ4v) is 6.29. The molecule has 4 aliphatic rings. The average Bonchev–Trinajstić information content (AvgIpc) is 3.09. The van der Waals surface area contributed by atoms with Crippen LogP contribution in [0.1, 0.15) is 19.8 Å². The van der Waals surface area contributed by atoms with E-state index in [-0.39, 0.29) is 16.9 Å². The van der Waals surface area contributed by atoms with Gasteiger partial charge in [-0.15, -0.1) is 0 Å². The van der Waals surface area contributed by atoms with E-state index >= 15 is 0 Å². The quantitative estimate of drug-likeness (QED) is 0.799. The van der Waals surface area contributed by atoms with Crippen LogP contribution in [0.2, 0.25) is 0 Å². The van der Waals surface area contributed by atoms with Crippen LogP contribution < -0.4 is 15.0 Å². The van der Waals surface area contributed by atoms with Crippen molar-refractivity contribution in [2.75, 3.05) is 57.7 Å². The van der Waals surface area contributed by atoms with Crippen LogP contribution in [-0.2, 0) is 9.53 Å². The Kier molecular flexibility index (Phi) is 4.27. The zero-order valence-corrected chi connectivity index (χ0v) is 18.1. The molecule has 2 aromatic rings. The van der Waals surface area contributed by atoms with Crippen LogP contribution >= 0.6 is 11.3 Å². The summed E-state index contributed by atoms with van der Waals surface area (Å²) in [4.78, 5) is 26.8. The summed E-state index contributed by atoms with van der Waals surface area (Å²) in [5.74, 6) is 0.936. The van der Waals surface area contributed by atoms with Crippen LogP contribution in [0.25, 0.3) is 10.2 Å². The maximum atomic E-state index is 13.1. The number of methoxy groups -OCH3 is 1. The number of nitrogens with zero attached hydrogens (tertiary/aromatic N) is 4. The number of fused-ring (bicyclic) bond motifs is 1. The molecule has 1 amide bonds. The molecule has 0 spiro atoms. The zero-order chi connectivity index (χ0) is 20.4. The molecule has 3 saturated carbocycles. The van der Waals surface area contributed by atoms with E-state index in [0.717, 1.165) is 36.3 Å². The highest BCUT2D eigenvalue weighted by Gasteiger charge is 2.77. The predicted molar refractivity (Wildman–Crippen MR) is 113 cm³/mol. The highest BCUT2D eigenvalue weighted by Crippen LogP contribution is 2.73. The lowest BCUT2D eigenvalue weighted by atomic mass is 9.32. The average molecular weight is 418 g/mol. The molecule has 3 aliphatic carbocycles. The molecule has 4 fully saturated rings. The molecule has 156 valence electrons. The molecule has 1 atom stereocenters. The SMILES string of the molecule is COc1ncc(N2CCOCC2)c2sc(NC(=O)C34CC(N(C)C)(C3)C4C)nc12. The first kappa shape index (κ1) is 19.0. The Hall–Kier alpha value is -1.97. The number of rotatable bonds is 5. The molecular weight excluding hydrogens is 390 g/mol. The molecule has 3 heterocycles. The number of amides is 1. The van der Waals surface area contributed by atoms with Crippen molar-refractivity contribution < 1.29 is 14.3 Å². The lowest BCUT2D eigenvalue weighted by molar-refractivity contribution is -0.251. The van der Waals surface area contributed by atoms with Gasteiger partial charge in [0, 0.05) is 18.6 Å². The van der Waals surface area contributed by atoms with Gasteiger partial charge in [-0.3, -0.25) is 4.79 Å². The molecule has 2 bridgehead atoms. The van der Waals surface area contributed by atoms with E-state index in [2.05, 4.69) is 46.1 Å². The number of nitrogens with one attached hydrogen (secondary N) is 1. The van der Waals surface area contributed by atoms with E-state index in [1.165, 1.54) is 11.3 Å². The van der Waals surface area contributed by atoms with Gasteiger partial charge in [-0.25, -0.2) is 9.97 Å². The van der Waals surface area contributed by atoms with Gasteiger partial charge in [0.2, 0.25) is 11.8 Å². The van der Waals surface area contributed by atoms with Gasteiger partial charge < -0.3 is 24.6 Å². The van der Waals surface area contributed by atoms with Gasteiger partial charge in [-0.2, -0.15) is 0 Å². The third-order valence-electron chi connectivity index (χ3n) is 7.35. The largest absolute Gasteiger partial charge is 0.479 e. The molecule has 1 aliphatic heterocycles. The monoisotopic (exact) mass is 417 g/mol. The number of hydrogen-bond acceptors (Lipinski definition) is 8. The normalized spacial score (nSPS) is 30.8.